The number of rotatable bonds is 5. The largest absolute Gasteiger partial charge is 0.486 e. The van der Waals surface area contributed by atoms with Crippen LogP contribution >= 0.6 is 0 Å². The predicted octanol–water partition coefficient (Wildman–Crippen LogP) is 3.61. The van der Waals surface area contributed by atoms with Gasteiger partial charge in [-0.05, 0) is 30.7 Å². The van der Waals surface area contributed by atoms with Crippen LogP contribution in [-0.4, -0.2) is 55.5 Å². The van der Waals surface area contributed by atoms with Crippen molar-refractivity contribution in [1.82, 2.24) is 24.5 Å². The van der Waals surface area contributed by atoms with Crippen molar-refractivity contribution in [2.24, 2.45) is 0 Å². The van der Waals surface area contributed by atoms with Crippen LogP contribution in [0.3, 0.4) is 0 Å². The van der Waals surface area contributed by atoms with Crippen molar-refractivity contribution in [3.05, 3.63) is 83.7 Å². The zero-order valence-electron chi connectivity index (χ0n) is 18.9. The summed E-state index contributed by atoms with van der Waals surface area (Å²) in [5.74, 6) is -0.340. The van der Waals surface area contributed by atoms with Gasteiger partial charge in [-0.25, -0.2) is 4.52 Å². The van der Waals surface area contributed by atoms with Crippen LogP contribution in [-0.2, 0) is 6.18 Å². The molecule has 184 valence electrons. The number of nitrogens with zero attached hydrogens (tertiary/aromatic N) is 5. The fourth-order valence-corrected chi connectivity index (χ4v) is 3.76. The molecule has 1 aliphatic heterocycles. The van der Waals surface area contributed by atoms with E-state index in [-0.39, 0.29) is 23.3 Å². The fraction of sp³-hybridized carbons (Fsp3) is 0.208. The molecule has 0 aliphatic carbocycles. The van der Waals surface area contributed by atoms with Gasteiger partial charge < -0.3 is 15.0 Å². The number of fused-ring (bicyclic) bond motifs is 1. The van der Waals surface area contributed by atoms with Crippen LogP contribution < -0.4 is 10.1 Å². The zero-order chi connectivity index (χ0) is 25.4. The van der Waals surface area contributed by atoms with Crippen molar-refractivity contribution in [1.29, 1.82) is 0 Å². The van der Waals surface area contributed by atoms with Crippen LogP contribution in [0.25, 0.3) is 5.52 Å². The predicted molar refractivity (Wildman–Crippen MR) is 122 cm³/mol. The van der Waals surface area contributed by atoms with Gasteiger partial charge in [0, 0.05) is 24.2 Å². The summed E-state index contributed by atoms with van der Waals surface area (Å²) in [6.45, 7) is 2.51. The molecule has 0 atom stereocenters. The molecule has 3 aromatic heterocycles. The van der Waals surface area contributed by atoms with Gasteiger partial charge in [-0.1, -0.05) is 6.07 Å². The summed E-state index contributed by atoms with van der Waals surface area (Å²) >= 11 is 0. The van der Waals surface area contributed by atoms with E-state index in [1.807, 2.05) is 0 Å². The topological polar surface area (TPSA) is 102 Å². The number of pyridine rings is 1. The van der Waals surface area contributed by atoms with Crippen molar-refractivity contribution in [2.75, 3.05) is 18.4 Å². The van der Waals surface area contributed by atoms with Gasteiger partial charge in [0.2, 0.25) is 0 Å². The van der Waals surface area contributed by atoms with Crippen LogP contribution in [0.5, 0.6) is 5.75 Å². The van der Waals surface area contributed by atoms with Crippen LogP contribution in [0.15, 0.2) is 61.4 Å². The molecule has 0 unspecified atom stereocenters. The second kappa shape index (κ2) is 8.95. The molecule has 0 spiro atoms. The van der Waals surface area contributed by atoms with Gasteiger partial charge >= 0.3 is 6.18 Å². The number of hydrogen-bond donors (Lipinski definition) is 1. The average Bonchev–Trinajstić information content (AvgIpc) is 3.25. The first-order chi connectivity index (χ1) is 17.2. The molecule has 1 aromatic carbocycles. The highest BCUT2D eigenvalue weighted by Gasteiger charge is 2.34. The second-order valence-corrected chi connectivity index (χ2v) is 8.31. The minimum absolute atomic E-state index is 0.0751. The molecular weight excluding hydrogens is 477 g/mol. The van der Waals surface area contributed by atoms with E-state index in [1.165, 1.54) is 12.3 Å². The Balaban J connectivity index is 1.23. The van der Waals surface area contributed by atoms with Gasteiger partial charge in [0.15, 0.2) is 0 Å². The van der Waals surface area contributed by atoms with Crippen LogP contribution in [0.2, 0.25) is 0 Å². The minimum atomic E-state index is -4.57. The monoisotopic (exact) mass is 496 g/mol. The summed E-state index contributed by atoms with van der Waals surface area (Å²) in [5, 5.41) is 6.58. The highest BCUT2D eigenvalue weighted by molar-refractivity contribution is 6.04. The van der Waals surface area contributed by atoms with Crippen LogP contribution in [0, 0.1) is 6.92 Å². The number of ether oxygens (including phenoxy) is 1. The lowest BCUT2D eigenvalue weighted by molar-refractivity contribution is -0.137. The van der Waals surface area contributed by atoms with Gasteiger partial charge in [0.05, 0.1) is 54.0 Å². The Kier molecular flexibility index (Phi) is 5.78. The van der Waals surface area contributed by atoms with Gasteiger partial charge in [-0.2, -0.15) is 18.3 Å². The van der Waals surface area contributed by atoms with Crippen molar-refractivity contribution in [2.45, 2.75) is 19.2 Å². The molecule has 1 aliphatic rings. The highest BCUT2D eigenvalue weighted by Crippen LogP contribution is 2.30. The van der Waals surface area contributed by atoms with Crippen molar-refractivity contribution >= 4 is 23.0 Å². The van der Waals surface area contributed by atoms with Gasteiger partial charge in [0.25, 0.3) is 11.8 Å². The highest BCUT2D eigenvalue weighted by atomic mass is 19.4. The zero-order valence-corrected chi connectivity index (χ0v) is 18.9. The Hall–Kier alpha value is -4.48. The minimum Gasteiger partial charge on any atom is -0.486 e. The molecule has 0 radical (unpaired) electrons. The maximum atomic E-state index is 12.9. The summed E-state index contributed by atoms with van der Waals surface area (Å²) < 4.78 is 46.3. The number of likely N-dealkylation sites (tertiary alicyclic amines) is 1. The molecule has 1 saturated heterocycles. The smallest absolute Gasteiger partial charge is 0.417 e. The number of benzene rings is 1. The molecule has 9 nitrogen and oxygen atoms in total. The second-order valence-electron chi connectivity index (χ2n) is 8.31. The van der Waals surface area contributed by atoms with E-state index < -0.39 is 17.6 Å². The third kappa shape index (κ3) is 4.57. The number of aromatic nitrogens is 4. The molecule has 0 bridgehead atoms. The summed E-state index contributed by atoms with van der Waals surface area (Å²) in [6, 6.07) is 5.57. The molecule has 0 saturated carbocycles. The normalized spacial score (nSPS) is 13.9. The Morgan fingerprint density at radius 2 is 1.89 bits per heavy atom. The van der Waals surface area contributed by atoms with Crippen LogP contribution in [0.1, 0.15) is 31.8 Å². The van der Waals surface area contributed by atoms with E-state index in [4.69, 9.17) is 4.74 Å². The number of carbonyl (C=O) groups excluding carboxylic acids is 2. The summed E-state index contributed by atoms with van der Waals surface area (Å²) in [7, 11) is 0. The molecule has 5 rings (SSSR count). The van der Waals surface area contributed by atoms with E-state index in [2.05, 4.69) is 20.4 Å². The van der Waals surface area contributed by atoms with Gasteiger partial charge in [0.1, 0.15) is 11.9 Å². The third-order valence-electron chi connectivity index (χ3n) is 5.76. The molecule has 12 heteroatoms. The molecule has 2 amide bonds. The maximum absolute atomic E-state index is 12.9. The average molecular weight is 496 g/mol. The summed E-state index contributed by atoms with van der Waals surface area (Å²) in [5.41, 5.74) is 0.995. The first-order valence-electron chi connectivity index (χ1n) is 10.9. The Morgan fingerprint density at radius 3 is 2.67 bits per heavy atom. The van der Waals surface area contributed by atoms with Crippen molar-refractivity contribution < 1.29 is 27.5 Å². The van der Waals surface area contributed by atoms with Gasteiger partial charge in [-0.15, -0.1) is 0 Å². The van der Waals surface area contributed by atoms with Crippen molar-refractivity contribution in [3.8, 4) is 5.75 Å². The van der Waals surface area contributed by atoms with Crippen LogP contribution in [0.4, 0.5) is 18.9 Å². The molecule has 36 heavy (non-hydrogen) atoms. The third-order valence-corrected chi connectivity index (χ3v) is 5.76. The van der Waals surface area contributed by atoms with E-state index in [0.717, 1.165) is 17.8 Å². The number of carbonyl (C=O) groups is 2. The van der Waals surface area contributed by atoms with E-state index in [1.54, 1.807) is 47.1 Å². The Morgan fingerprint density at radius 1 is 1.08 bits per heavy atom. The standard InChI is InChI=1S/C24H19F3N6O3/c1-14-2-3-15(22(34)31-17-7-16(8-29-9-17)24(25,26)27)6-21(14)36-18-12-32(13-18)23(35)19-10-30-33-5-4-28-11-20(19)33/h2-11,18H,12-13H2,1H3,(H,31,34). The number of halogens is 3. The first-order valence-corrected chi connectivity index (χ1v) is 10.9. The lowest BCUT2D eigenvalue weighted by Gasteiger charge is -2.39. The van der Waals surface area contributed by atoms with E-state index >= 15 is 0 Å². The number of alkyl halides is 3. The molecule has 4 heterocycles. The summed E-state index contributed by atoms with van der Waals surface area (Å²) in [6.07, 6.45) is 3.28. The molecule has 4 aromatic rings. The molecular formula is C24H19F3N6O3. The SMILES string of the molecule is Cc1ccc(C(=O)Nc2cncc(C(F)(F)F)c2)cc1OC1CN(C(=O)c2cnn3ccncc23)C1. The number of nitrogens with one attached hydrogen (secondary N) is 1. The Bertz CT molecular complexity index is 1460. The number of aryl methyl sites for hydroxylation is 1. The van der Waals surface area contributed by atoms with Crippen molar-refractivity contribution in [3.63, 3.8) is 0 Å². The van der Waals surface area contributed by atoms with Gasteiger partial charge in [-0.3, -0.25) is 19.6 Å². The summed E-state index contributed by atoms with van der Waals surface area (Å²) in [4.78, 5) is 34.7. The number of anilines is 1. The lowest BCUT2D eigenvalue weighted by atomic mass is 10.1. The van der Waals surface area contributed by atoms with E-state index in [9.17, 15) is 22.8 Å². The maximum Gasteiger partial charge on any atom is 0.417 e. The lowest BCUT2D eigenvalue weighted by Crippen LogP contribution is -2.56. The first kappa shape index (κ1) is 23.3. The quantitative estimate of drug-likeness (QED) is 0.453. The van der Waals surface area contributed by atoms with E-state index in [0.29, 0.717) is 36.1 Å². The number of amides is 2. The molecule has 1 fully saturated rings. The molecule has 1 N–H and O–H groups in total. The Labute approximate surface area is 202 Å². The number of hydrogen-bond acceptors (Lipinski definition) is 6. The fourth-order valence-electron chi connectivity index (χ4n) is 3.76.